The van der Waals surface area contributed by atoms with Gasteiger partial charge in [0.1, 0.15) is 6.10 Å². The van der Waals surface area contributed by atoms with Crippen molar-refractivity contribution in [2.75, 3.05) is 29.1 Å². The van der Waals surface area contributed by atoms with Gasteiger partial charge in [-0.25, -0.2) is 4.79 Å². The predicted molar refractivity (Wildman–Crippen MR) is 129 cm³/mol. The van der Waals surface area contributed by atoms with Crippen molar-refractivity contribution < 1.29 is 14.3 Å². The van der Waals surface area contributed by atoms with E-state index < -0.39 is 0 Å². The predicted octanol–water partition coefficient (Wildman–Crippen LogP) is 2.89. The van der Waals surface area contributed by atoms with Gasteiger partial charge < -0.3 is 19.9 Å². The monoisotopic (exact) mass is 477 g/mol. The number of hydrogen-bond acceptors (Lipinski definition) is 7. The fourth-order valence-corrected chi connectivity index (χ4v) is 5.69. The van der Waals surface area contributed by atoms with Crippen molar-refractivity contribution in [1.82, 2.24) is 14.9 Å². The molecule has 2 N–H and O–H groups in total. The molecule has 0 radical (unpaired) electrons. The molecule has 0 saturated carbocycles. The number of rotatable bonds is 6. The van der Waals surface area contributed by atoms with E-state index in [1.165, 1.54) is 11.8 Å². The largest absolute Gasteiger partial charge is 0.444 e. The van der Waals surface area contributed by atoms with Gasteiger partial charge in [-0.2, -0.15) is 0 Å². The van der Waals surface area contributed by atoms with Gasteiger partial charge >= 0.3 is 6.09 Å². The summed E-state index contributed by atoms with van der Waals surface area (Å²) >= 11 is 1.49. The molecule has 9 nitrogen and oxygen atoms in total. The lowest BCUT2D eigenvalue weighted by molar-refractivity contribution is -0.113. The van der Waals surface area contributed by atoms with Gasteiger partial charge in [0, 0.05) is 29.4 Å². The Balaban J connectivity index is 1.05. The molecule has 2 amide bonds. The van der Waals surface area contributed by atoms with Gasteiger partial charge in [-0.1, -0.05) is 0 Å². The Labute approximate surface area is 199 Å². The maximum Gasteiger partial charge on any atom is 0.414 e. The fourth-order valence-electron chi connectivity index (χ4n) is 4.90. The first kappa shape index (κ1) is 21.2. The summed E-state index contributed by atoms with van der Waals surface area (Å²) < 4.78 is 7.37. The molecule has 3 aliphatic heterocycles. The first-order chi connectivity index (χ1) is 16.6. The van der Waals surface area contributed by atoms with Crippen LogP contribution < -0.4 is 21.1 Å². The van der Waals surface area contributed by atoms with E-state index in [2.05, 4.69) is 15.6 Å². The highest BCUT2D eigenvalue weighted by molar-refractivity contribution is 8.00. The minimum Gasteiger partial charge on any atom is -0.444 e. The number of hydrogen-bond donors (Lipinski definition) is 2. The van der Waals surface area contributed by atoms with Crippen LogP contribution in [0.15, 0.2) is 52.3 Å². The molecular weight excluding hydrogens is 454 g/mol. The lowest BCUT2D eigenvalue weighted by Gasteiger charge is -2.20. The molecule has 0 spiro atoms. The average Bonchev–Trinajstić information content (AvgIpc) is 3.40. The molecule has 3 aromatic rings. The molecule has 0 aliphatic carbocycles. The number of pyridine rings is 2. The van der Waals surface area contributed by atoms with Crippen LogP contribution in [-0.2, 0) is 16.1 Å². The molecule has 6 rings (SSSR count). The summed E-state index contributed by atoms with van der Waals surface area (Å²) in [5.41, 5.74) is 4.29. The molecule has 34 heavy (non-hydrogen) atoms. The quantitative estimate of drug-likeness (QED) is 0.526. The van der Waals surface area contributed by atoms with Crippen molar-refractivity contribution in [2.45, 2.75) is 36.4 Å². The normalized spacial score (nSPS) is 21.0. The van der Waals surface area contributed by atoms with Gasteiger partial charge in [0.15, 0.2) is 0 Å². The number of thioether (sulfide) groups is 1. The molecule has 10 heteroatoms. The highest BCUT2D eigenvalue weighted by Gasteiger charge is 2.33. The fraction of sp³-hybridized carbons (Fsp3) is 0.333. The zero-order valence-electron chi connectivity index (χ0n) is 18.3. The van der Waals surface area contributed by atoms with Crippen LogP contribution >= 0.6 is 11.8 Å². The third-order valence-electron chi connectivity index (χ3n) is 6.52. The number of ether oxygens (including phenoxy) is 1. The molecule has 1 fully saturated rings. The minimum absolute atomic E-state index is 0.00986. The number of nitrogens with one attached hydrogen (secondary N) is 2. The Morgan fingerprint density at radius 3 is 2.97 bits per heavy atom. The van der Waals surface area contributed by atoms with Crippen LogP contribution in [0.3, 0.4) is 0 Å². The summed E-state index contributed by atoms with van der Waals surface area (Å²) in [6.45, 7) is 1.82. The summed E-state index contributed by atoms with van der Waals surface area (Å²) in [5.74, 6) is 0.371. The summed E-state index contributed by atoms with van der Waals surface area (Å²) in [5, 5.41) is 6.41. The third-order valence-corrected chi connectivity index (χ3v) is 7.59. The zero-order chi connectivity index (χ0) is 23.2. The number of nitrogens with zero attached hydrogens (tertiary/aromatic N) is 3. The molecular formula is C24H23N5O4S. The highest BCUT2D eigenvalue weighted by Crippen LogP contribution is 2.36. The first-order valence-electron chi connectivity index (χ1n) is 11.3. The van der Waals surface area contributed by atoms with Crippen LogP contribution in [0.4, 0.5) is 16.2 Å². The SMILES string of the molecule is O=C1CSc2ccc(N3C[C@@H](CCCN[C@@H]4Cn5c(=O)ccc6nccc4c65)OC3=O)cc2N1. The number of cyclic esters (lactones) is 1. The van der Waals surface area contributed by atoms with Crippen molar-refractivity contribution in [3.63, 3.8) is 0 Å². The number of anilines is 2. The number of carbonyl (C=O) groups excluding carboxylic acids is 2. The zero-order valence-corrected chi connectivity index (χ0v) is 19.1. The maximum absolute atomic E-state index is 12.5. The van der Waals surface area contributed by atoms with E-state index in [9.17, 15) is 14.4 Å². The average molecular weight is 478 g/mol. The molecule has 2 atom stereocenters. The van der Waals surface area contributed by atoms with Crippen LogP contribution in [0.5, 0.6) is 0 Å². The van der Waals surface area contributed by atoms with Gasteiger partial charge in [0.25, 0.3) is 5.56 Å². The van der Waals surface area contributed by atoms with Crippen molar-refractivity contribution in [2.24, 2.45) is 0 Å². The molecule has 0 unspecified atom stereocenters. The van der Waals surface area contributed by atoms with Crippen molar-refractivity contribution in [1.29, 1.82) is 0 Å². The van der Waals surface area contributed by atoms with E-state index in [1.54, 1.807) is 27.8 Å². The summed E-state index contributed by atoms with van der Waals surface area (Å²) in [4.78, 5) is 43.4. The first-order valence-corrected chi connectivity index (χ1v) is 12.3. The summed E-state index contributed by atoms with van der Waals surface area (Å²) in [6, 6.07) is 11.0. The number of amides is 2. The van der Waals surface area contributed by atoms with Gasteiger partial charge in [0.05, 0.1) is 35.1 Å². The van der Waals surface area contributed by atoms with E-state index in [1.807, 2.05) is 24.3 Å². The van der Waals surface area contributed by atoms with Gasteiger partial charge in [-0.15, -0.1) is 11.8 Å². The van der Waals surface area contributed by atoms with Crippen LogP contribution in [0.25, 0.3) is 11.0 Å². The van der Waals surface area contributed by atoms with Crippen LogP contribution in [0, 0.1) is 0 Å². The smallest absolute Gasteiger partial charge is 0.414 e. The number of aromatic nitrogens is 2. The van der Waals surface area contributed by atoms with E-state index in [0.717, 1.165) is 52.3 Å². The molecule has 2 aromatic heterocycles. The maximum atomic E-state index is 12.5. The molecule has 5 heterocycles. The second-order valence-corrected chi connectivity index (χ2v) is 9.72. The van der Waals surface area contributed by atoms with Crippen LogP contribution in [-0.4, -0.2) is 46.5 Å². The topological polar surface area (TPSA) is 106 Å². The molecule has 174 valence electrons. The lowest BCUT2D eigenvalue weighted by atomic mass is 10.1. The van der Waals surface area contributed by atoms with E-state index in [4.69, 9.17) is 4.74 Å². The third kappa shape index (κ3) is 3.72. The summed E-state index contributed by atoms with van der Waals surface area (Å²) in [7, 11) is 0. The molecule has 1 aromatic carbocycles. The Bertz CT molecular complexity index is 1370. The molecule has 0 bridgehead atoms. The van der Waals surface area contributed by atoms with E-state index in [0.29, 0.717) is 18.8 Å². The van der Waals surface area contributed by atoms with Crippen LogP contribution in [0.1, 0.15) is 24.4 Å². The minimum atomic E-state index is -0.363. The standard InChI is InChI=1S/C24H23N5O4S/c30-21-13-34-20-5-3-14(10-18(20)27-21)28-11-15(33-24(28)32)2-1-8-25-19-12-29-22(31)6-4-17-23(29)16(19)7-9-26-17/h3-7,9-10,15,19,25H,1-2,8,11-13H2,(H,27,30)/t15-,19-/m1/s1. The van der Waals surface area contributed by atoms with Crippen LogP contribution in [0.2, 0.25) is 0 Å². The molecule has 1 saturated heterocycles. The number of benzene rings is 1. The van der Waals surface area contributed by atoms with Crippen molar-refractivity contribution in [3.05, 3.63) is 58.5 Å². The van der Waals surface area contributed by atoms with Crippen molar-refractivity contribution in [3.8, 4) is 0 Å². The Kier molecular flexibility index (Phi) is 5.26. The van der Waals surface area contributed by atoms with E-state index in [-0.39, 0.29) is 29.7 Å². The van der Waals surface area contributed by atoms with E-state index >= 15 is 0 Å². The number of carbonyl (C=O) groups is 2. The van der Waals surface area contributed by atoms with Gasteiger partial charge in [-0.3, -0.25) is 19.5 Å². The second kappa shape index (κ2) is 8.44. The Hall–Kier alpha value is -3.37. The number of fused-ring (bicyclic) bond motifs is 1. The van der Waals surface area contributed by atoms with Gasteiger partial charge in [0.2, 0.25) is 5.91 Å². The Morgan fingerprint density at radius 1 is 1.15 bits per heavy atom. The Morgan fingerprint density at radius 2 is 2.06 bits per heavy atom. The van der Waals surface area contributed by atoms with Gasteiger partial charge in [-0.05, 0) is 55.3 Å². The molecule has 3 aliphatic rings. The second-order valence-electron chi connectivity index (χ2n) is 8.70. The highest BCUT2D eigenvalue weighted by atomic mass is 32.2. The summed E-state index contributed by atoms with van der Waals surface area (Å²) in [6.07, 6.45) is 2.79. The lowest BCUT2D eigenvalue weighted by Crippen LogP contribution is -2.27. The van der Waals surface area contributed by atoms with Crippen molar-refractivity contribution >= 4 is 46.2 Å².